The Morgan fingerprint density at radius 2 is 0.952 bits per heavy atom. The summed E-state index contributed by atoms with van der Waals surface area (Å²) in [6.45, 7) is 0. The summed E-state index contributed by atoms with van der Waals surface area (Å²) in [4.78, 5) is 0. The molecule has 1 aromatic heterocycles. The van der Waals surface area contributed by atoms with E-state index in [2.05, 4.69) is 12.1 Å². The Kier molecular flexibility index (Phi) is 4.89. The van der Waals surface area contributed by atoms with Gasteiger partial charge in [-0.15, -0.1) is 0 Å². The van der Waals surface area contributed by atoms with Gasteiger partial charge >= 0.3 is 139 Å². The number of hydrogen-bond acceptors (Lipinski definition) is 1. The van der Waals surface area contributed by atoms with Gasteiger partial charge in [0.25, 0.3) is 0 Å². The summed E-state index contributed by atoms with van der Waals surface area (Å²) in [7, 11) is 0. The van der Waals surface area contributed by atoms with Gasteiger partial charge in [-0.1, -0.05) is 0 Å². The van der Waals surface area contributed by atoms with Crippen molar-refractivity contribution in [2.24, 2.45) is 0 Å². The second-order valence-corrected chi connectivity index (χ2v) is 11.1. The van der Waals surface area contributed by atoms with Gasteiger partial charge in [-0.3, -0.25) is 0 Å². The van der Waals surface area contributed by atoms with E-state index in [9.17, 15) is 8.78 Å². The number of halogens is 2. The molecule has 0 nitrogen and oxygen atoms in total. The van der Waals surface area contributed by atoms with Gasteiger partial charge in [-0.25, -0.2) is 0 Å². The maximum atomic E-state index is 12.9. The summed E-state index contributed by atoms with van der Waals surface area (Å²) in [5.74, 6) is -0.387. The Labute approximate surface area is 138 Å². The Bertz CT molecular complexity index is 659. The van der Waals surface area contributed by atoms with Crippen molar-refractivity contribution < 1.29 is 8.78 Å². The zero-order valence-corrected chi connectivity index (χ0v) is 15.0. The van der Waals surface area contributed by atoms with Gasteiger partial charge in [0, 0.05) is 0 Å². The van der Waals surface area contributed by atoms with E-state index in [1.165, 1.54) is 40.7 Å². The zero-order valence-electron chi connectivity index (χ0n) is 10.8. The first-order valence-corrected chi connectivity index (χ1v) is 10.4. The van der Waals surface area contributed by atoms with Crippen LogP contribution in [0, 0.1) is 11.6 Å². The van der Waals surface area contributed by atoms with Crippen molar-refractivity contribution in [3.63, 3.8) is 0 Å². The molecule has 0 N–H and O–H groups in total. The Hall–Kier alpha value is -0.961. The molecule has 106 valence electrons. The molecular formula is C16H10F2SSe2. The molecular weight excluding hydrogens is 420 g/mol. The Morgan fingerprint density at radius 1 is 0.571 bits per heavy atom. The average molecular weight is 430 g/mol. The first-order valence-electron chi connectivity index (χ1n) is 6.16. The molecule has 0 unspecified atom stereocenters. The number of thiophene rings is 1. The van der Waals surface area contributed by atoms with Crippen LogP contribution in [0.25, 0.3) is 0 Å². The fourth-order valence-corrected chi connectivity index (χ4v) is 8.35. The van der Waals surface area contributed by atoms with Crippen molar-refractivity contribution in [2.45, 2.75) is 0 Å². The standard InChI is InChI=1S/C16H10F2SSe2/c17-11-1-5-13(6-2-11)20-15-9-10-16(19-15)21-14-7-3-12(18)4-8-14/h1-10H. The van der Waals surface area contributed by atoms with E-state index in [1.54, 1.807) is 11.3 Å². The summed E-state index contributed by atoms with van der Waals surface area (Å²) in [5.41, 5.74) is 0. The van der Waals surface area contributed by atoms with E-state index in [0.29, 0.717) is 0 Å². The molecule has 0 aliphatic rings. The van der Waals surface area contributed by atoms with Gasteiger partial charge in [-0.2, -0.15) is 0 Å². The Morgan fingerprint density at radius 3 is 1.33 bits per heavy atom. The summed E-state index contributed by atoms with van der Waals surface area (Å²) >= 11 is 2.23. The maximum absolute atomic E-state index is 12.9. The zero-order chi connectivity index (χ0) is 14.7. The summed E-state index contributed by atoms with van der Waals surface area (Å²) in [6.07, 6.45) is 0. The third-order valence-corrected chi connectivity index (χ3v) is 8.76. The van der Waals surface area contributed by atoms with Crippen molar-refractivity contribution in [2.75, 3.05) is 0 Å². The number of benzene rings is 2. The fourth-order valence-electron chi connectivity index (χ4n) is 1.65. The molecule has 3 aromatic rings. The van der Waals surface area contributed by atoms with Gasteiger partial charge in [0.05, 0.1) is 0 Å². The molecule has 0 fully saturated rings. The minimum absolute atomic E-state index is 0.193. The molecule has 0 bridgehead atoms. The predicted octanol–water partition coefficient (Wildman–Crippen LogP) is 1.34. The Balaban J connectivity index is 1.68. The van der Waals surface area contributed by atoms with Gasteiger partial charge in [0.1, 0.15) is 0 Å². The van der Waals surface area contributed by atoms with Crippen molar-refractivity contribution in [1.29, 1.82) is 0 Å². The van der Waals surface area contributed by atoms with Gasteiger partial charge in [0.2, 0.25) is 0 Å². The minimum atomic E-state index is -0.193. The van der Waals surface area contributed by atoms with Crippen LogP contribution in [0.5, 0.6) is 0 Å². The summed E-state index contributed by atoms with van der Waals surface area (Å²) in [6, 6.07) is 17.7. The van der Waals surface area contributed by atoms with Crippen LogP contribution in [0.1, 0.15) is 0 Å². The van der Waals surface area contributed by atoms with Crippen LogP contribution in [0.3, 0.4) is 0 Å². The quantitative estimate of drug-likeness (QED) is 0.549. The van der Waals surface area contributed by atoms with E-state index < -0.39 is 0 Å². The average Bonchev–Trinajstić information content (AvgIpc) is 2.91. The first-order chi connectivity index (χ1) is 10.2. The van der Waals surface area contributed by atoms with Crippen LogP contribution in [0.2, 0.25) is 0 Å². The molecule has 0 radical (unpaired) electrons. The number of rotatable bonds is 4. The van der Waals surface area contributed by atoms with E-state index in [0.717, 1.165) is 0 Å². The normalized spacial score (nSPS) is 10.8. The third kappa shape index (κ3) is 4.26. The summed E-state index contributed by atoms with van der Waals surface area (Å²) < 4.78 is 30.8. The molecule has 1 heterocycles. The first kappa shape index (κ1) is 15.0. The molecule has 5 heteroatoms. The molecule has 0 aliphatic heterocycles. The topological polar surface area (TPSA) is 0 Å². The second kappa shape index (κ2) is 6.87. The van der Waals surface area contributed by atoms with Crippen LogP contribution >= 0.6 is 11.3 Å². The third-order valence-electron chi connectivity index (χ3n) is 2.62. The van der Waals surface area contributed by atoms with Crippen LogP contribution in [0.15, 0.2) is 60.7 Å². The van der Waals surface area contributed by atoms with Crippen LogP contribution < -0.4 is 16.5 Å². The van der Waals surface area contributed by atoms with Crippen molar-refractivity contribution in [3.05, 3.63) is 72.3 Å². The number of hydrogen-bond donors (Lipinski definition) is 0. The molecule has 0 aliphatic carbocycles. The van der Waals surface area contributed by atoms with Crippen molar-refractivity contribution >= 4 is 57.7 Å². The molecule has 0 saturated heterocycles. The van der Waals surface area contributed by atoms with Crippen molar-refractivity contribution in [1.82, 2.24) is 0 Å². The van der Waals surface area contributed by atoms with Crippen LogP contribution in [0.4, 0.5) is 8.78 Å². The molecule has 0 saturated carbocycles. The van der Waals surface area contributed by atoms with Gasteiger partial charge in [0.15, 0.2) is 0 Å². The molecule has 3 rings (SSSR count). The molecule has 2 aromatic carbocycles. The van der Waals surface area contributed by atoms with Crippen LogP contribution in [-0.4, -0.2) is 29.9 Å². The van der Waals surface area contributed by atoms with E-state index in [4.69, 9.17) is 0 Å². The SMILES string of the molecule is Fc1ccc([Se]c2ccc([Se]c3ccc(F)cc3)s2)cc1. The van der Waals surface area contributed by atoms with Gasteiger partial charge in [-0.05, 0) is 0 Å². The van der Waals surface area contributed by atoms with E-state index >= 15 is 0 Å². The van der Waals surface area contributed by atoms with Crippen molar-refractivity contribution in [3.8, 4) is 0 Å². The molecule has 0 spiro atoms. The fraction of sp³-hybridized carbons (Fsp3) is 0. The van der Waals surface area contributed by atoms with E-state index in [1.807, 2.05) is 24.3 Å². The van der Waals surface area contributed by atoms with E-state index in [-0.39, 0.29) is 41.5 Å². The monoisotopic (exact) mass is 432 g/mol. The molecule has 0 atom stereocenters. The van der Waals surface area contributed by atoms with Gasteiger partial charge < -0.3 is 0 Å². The van der Waals surface area contributed by atoms with Crippen LogP contribution in [-0.2, 0) is 0 Å². The predicted molar refractivity (Wildman–Crippen MR) is 87.2 cm³/mol. The second-order valence-electron chi connectivity index (χ2n) is 4.19. The molecule has 21 heavy (non-hydrogen) atoms. The summed E-state index contributed by atoms with van der Waals surface area (Å²) in [5, 5.41) is 0. The molecule has 0 amide bonds.